The largest absolute Gasteiger partial charge is 0.293 e. The lowest BCUT2D eigenvalue weighted by molar-refractivity contribution is -0.385. The minimum Gasteiger partial charge on any atom is -0.293 e. The maximum atomic E-state index is 12.3. The number of rotatable bonds is 5. The normalized spacial score (nSPS) is 10.5. The van der Waals surface area contributed by atoms with Crippen molar-refractivity contribution in [2.45, 2.75) is 25.7 Å². The minimum absolute atomic E-state index is 0.0115. The lowest BCUT2D eigenvalue weighted by atomic mass is 10.1. The Hall–Kier alpha value is -2.14. The van der Waals surface area contributed by atoms with Crippen molar-refractivity contribution in [3.63, 3.8) is 0 Å². The first-order valence-corrected chi connectivity index (χ1v) is 7.85. The molecule has 4 nitrogen and oxygen atoms in total. The fraction of sp³-hybridized carbons (Fsp3) is 0.235. The zero-order valence-electron chi connectivity index (χ0n) is 12.8. The molecule has 2 aromatic carbocycles. The average Bonchev–Trinajstić information content (AvgIpc) is 2.48. The van der Waals surface area contributed by atoms with E-state index in [1.807, 2.05) is 32.0 Å². The third-order valence-electron chi connectivity index (χ3n) is 3.43. The van der Waals surface area contributed by atoms with Gasteiger partial charge in [0.25, 0.3) is 5.69 Å². The van der Waals surface area contributed by atoms with E-state index >= 15 is 0 Å². The summed E-state index contributed by atoms with van der Waals surface area (Å²) in [6, 6.07) is 10.7. The number of benzene rings is 2. The summed E-state index contributed by atoms with van der Waals surface area (Å²) in [4.78, 5) is 23.8. The van der Waals surface area contributed by atoms with Crippen LogP contribution in [0.2, 0.25) is 0 Å². The molecule has 0 saturated carbocycles. The Morgan fingerprint density at radius 1 is 1.09 bits per heavy atom. The first-order chi connectivity index (χ1) is 10.4. The molecule has 0 bridgehead atoms. The van der Waals surface area contributed by atoms with E-state index < -0.39 is 4.92 Å². The first kappa shape index (κ1) is 16.2. The van der Waals surface area contributed by atoms with Crippen LogP contribution in [0.4, 0.5) is 5.69 Å². The maximum Gasteiger partial charge on any atom is 0.273 e. The molecule has 22 heavy (non-hydrogen) atoms. The van der Waals surface area contributed by atoms with Gasteiger partial charge in [0.15, 0.2) is 5.78 Å². The molecule has 0 spiro atoms. The van der Waals surface area contributed by atoms with E-state index in [-0.39, 0.29) is 17.2 Å². The highest BCUT2D eigenvalue weighted by molar-refractivity contribution is 8.00. The molecule has 114 valence electrons. The molecule has 0 aromatic heterocycles. The van der Waals surface area contributed by atoms with Crippen LogP contribution in [0, 0.1) is 30.9 Å². The molecule has 0 aliphatic rings. The van der Waals surface area contributed by atoms with Gasteiger partial charge in [0.05, 0.1) is 10.7 Å². The molecule has 0 aliphatic heterocycles. The van der Waals surface area contributed by atoms with Gasteiger partial charge in [0.1, 0.15) is 0 Å². The van der Waals surface area contributed by atoms with Crippen molar-refractivity contribution in [1.82, 2.24) is 0 Å². The number of carbonyl (C=O) groups excluding carboxylic acids is 1. The van der Waals surface area contributed by atoms with Crippen LogP contribution in [0.25, 0.3) is 0 Å². The van der Waals surface area contributed by atoms with Crippen LogP contribution < -0.4 is 0 Å². The zero-order valence-corrected chi connectivity index (χ0v) is 13.6. The number of ketones is 1. The Morgan fingerprint density at radius 2 is 1.77 bits per heavy atom. The maximum absolute atomic E-state index is 12.3. The quantitative estimate of drug-likeness (QED) is 0.353. The predicted molar refractivity (Wildman–Crippen MR) is 88.8 cm³/mol. The Bertz CT molecular complexity index is 741. The Morgan fingerprint density at radius 3 is 2.45 bits per heavy atom. The van der Waals surface area contributed by atoms with Gasteiger partial charge in [-0.05, 0) is 32.4 Å². The van der Waals surface area contributed by atoms with Gasteiger partial charge in [0.2, 0.25) is 0 Å². The van der Waals surface area contributed by atoms with E-state index in [4.69, 9.17) is 0 Å². The average molecular weight is 315 g/mol. The van der Waals surface area contributed by atoms with E-state index in [1.165, 1.54) is 17.8 Å². The minimum atomic E-state index is -0.454. The lowest BCUT2D eigenvalue weighted by Gasteiger charge is -2.07. The summed E-state index contributed by atoms with van der Waals surface area (Å²) in [5.74, 6) is 0.166. The number of thioether (sulfide) groups is 1. The molecule has 2 rings (SSSR count). The summed E-state index contributed by atoms with van der Waals surface area (Å²) in [7, 11) is 0. The number of nitro benzene ring substituents is 1. The molecule has 0 aliphatic carbocycles. The second kappa shape index (κ2) is 6.75. The van der Waals surface area contributed by atoms with E-state index in [0.29, 0.717) is 11.1 Å². The molecule has 0 fully saturated rings. The fourth-order valence-corrected chi connectivity index (χ4v) is 3.09. The van der Waals surface area contributed by atoms with Crippen LogP contribution in [0.1, 0.15) is 27.0 Å². The van der Waals surface area contributed by atoms with Crippen molar-refractivity contribution in [3.05, 3.63) is 68.8 Å². The van der Waals surface area contributed by atoms with E-state index in [1.54, 1.807) is 19.1 Å². The number of hydrogen-bond donors (Lipinski definition) is 0. The Kier molecular flexibility index (Phi) is 4.98. The molecule has 0 saturated heterocycles. The van der Waals surface area contributed by atoms with Crippen molar-refractivity contribution in [3.8, 4) is 0 Å². The molecule has 0 atom stereocenters. The van der Waals surface area contributed by atoms with Gasteiger partial charge in [-0.1, -0.05) is 29.8 Å². The third kappa shape index (κ3) is 3.74. The van der Waals surface area contributed by atoms with Gasteiger partial charge in [0, 0.05) is 22.1 Å². The second-order valence-corrected chi connectivity index (χ2v) is 6.26. The number of Topliss-reactive ketones (excluding diaryl/α,β-unsaturated/α-hetero) is 1. The summed E-state index contributed by atoms with van der Waals surface area (Å²) in [6.07, 6.45) is 0. The van der Waals surface area contributed by atoms with E-state index in [2.05, 4.69) is 0 Å². The smallest absolute Gasteiger partial charge is 0.273 e. The lowest BCUT2D eigenvalue weighted by Crippen LogP contribution is -2.04. The predicted octanol–water partition coefficient (Wildman–Crippen LogP) is 4.50. The topological polar surface area (TPSA) is 60.2 Å². The summed E-state index contributed by atoms with van der Waals surface area (Å²) in [5, 5.41) is 10.9. The van der Waals surface area contributed by atoms with Crippen LogP contribution in [0.5, 0.6) is 0 Å². The summed E-state index contributed by atoms with van der Waals surface area (Å²) < 4.78 is 0. The Labute approximate surface area is 133 Å². The highest BCUT2D eigenvalue weighted by Gasteiger charge is 2.15. The Balaban J connectivity index is 2.14. The number of nitrogens with zero attached hydrogens (tertiary/aromatic N) is 1. The van der Waals surface area contributed by atoms with Gasteiger partial charge >= 0.3 is 0 Å². The SMILES string of the molecule is Cc1ccc(C)c(SCC(=O)c2ccc(C)c([N+](=O)[O-])c2)c1. The van der Waals surface area contributed by atoms with Gasteiger partial charge in [-0.15, -0.1) is 11.8 Å². The summed E-state index contributed by atoms with van der Waals surface area (Å²) >= 11 is 1.46. The fourth-order valence-electron chi connectivity index (χ4n) is 2.07. The highest BCUT2D eigenvalue weighted by Crippen LogP contribution is 2.25. The van der Waals surface area contributed by atoms with Crippen molar-refractivity contribution in [2.24, 2.45) is 0 Å². The molecular weight excluding hydrogens is 298 g/mol. The molecule has 0 heterocycles. The molecule has 0 N–H and O–H groups in total. The molecular formula is C17H17NO3S. The van der Waals surface area contributed by atoms with E-state index in [9.17, 15) is 14.9 Å². The standard InChI is InChI=1S/C17H17NO3S/c1-11-4-5-13(3)17(8-11)22-10-16(19)14-7-6-12(2)15(9-14)18(20)21/h4-9H,10H2,1-3H3. The van der Waals surface area contributed by atoms with Crippen LogP contribution in [-0.2, 0) is 0 Å². The first-order valence-electron chi connectivity index (χ1n) is 6.87. The third-order valence-corrected chi connectivity index (χ3v) is 4.59. The van der Waals surface area contributed by atoms with Crippen molar-refractivity contribution in [1.29, 1.82) is 0 Å². The van der Waals surface area contributed by atoms with Crippen LogP contribution >= 0.6 is 11.8 Å². The molecule has 2 aromatic rings. The van der Waals surface area contributed by atoms with Crippen LogP contribution in [0.3, 0.4) is 0 Å². The second-order valence-electron chi connectivity index (χ2n) is 5.24. The van der Waals surface area contributed by atoms with Crippen molar-refractivity contribution >= 4 is 23.2 Å². The van der Waals surface area contributed by atoms with Gasteiger partial charge in [-0.2, -0.15) is 0 Å². The van der Waals surface area contributed by atoms with Gasteiger partial charge in [-0.3, -0.25) is 14.9 Å². The summed E-state index contributed by atoms with van der Waals surface area (Å²) in [5.41, 5.74) is 3.20. The van der Waals surface area contributed by atoms with Gasteiger partial charge < -0.3 is 0 Å². The molecule has 0 radical (unpaired) electrons. The van der Waals surface area contributed by atoms with Crippen molar-refractivity contribution < 1.29 is 9.72 Å². The van der Waals surface area contributed by atoms with Crippen LogP contribution in [-0.4, -0.2) is 16.5 Å². The molecule has 0 amide bonds. The van der Waals surface area contributed by atoms with Gasteiger partial charge in [-0.25, -0.2) is 0 Å². The number of nitro groups is 1. The highest BCUT2D eigenvalue weighted by atomic mass is 32.2. The number of carbonyl (C=O) groups is 1. The van der Waals surface area contributed by atoms with E-state index in [0.717, 1.165) is 16.0 Å². The van der Waals surface area contributed by atoms with Crippen LogP contribution in [0.15, 0.2) is 41.3 Å². The molecule has 5 heteroatoms. The zero-order chi connectivity index (χ0) is 16.3. The summed E-state index contributed by atoms with van der Waals surface area (Å²) in [6.45, 7) is 5.68. The monoisotopic (exact) mass is 315 g/mol. The van der Waals surface area contributed by atoms with Crippen molar-refractivity contribution in [2.75, 3.05) is 5.75 Å². The number of hydrogen-bond acceptors (Lipinski definition) is 4. The number of aryl methyl sites for hydroxylation is 3. The molecule has 0 unspecified atom stereocenters.